The number of methoxy groups -OCH3 is 3. The van der Waals surface area contributed by atoms with Crippen LogP contribution >= 0.6 is 0 Å². The van der Waals surface area contributed by atoms with Crippen molar-refractivity contribution in [2.45, 2.75) is 25.9 Å². The molecule has 0 aliphatic carbocycles. The molecule has 0 amide bonds. The van der Waals surface area contributed by atoms with Crippen LogP contribution < -0.4 is 19.5 Å². The van der Waals surface area contributed by atoms with Gasteiger partial charge in [0.2, 0.25) is 11.6 Å². The predicted molar refractivity (Wildman–Crippen MR) is 105 cm³/mol. The maximum atomic E-state index is 5.52. The van der Waals surface area contributed by atoms with Crippen LogP contribution in [-0.2, 0) is 13.0 Å². The zero-order valence-electron chi connectivity index (χ0n) is 16.6. The van der Waals surface area contributed by atoms with Gasteiger partial charge in [0.05, 0.1) is 27.4 Å². The summed E-state index contributed by atoms with van der Waals surface area (Å²) in [4.78, 5) is 4.51. The van der Waals surface area contributed by atoms with Crippen LogP contribution in [0.25, 0.3) is 0 Å². The molecule has 3 aromatic rings. The van der Waals surface area contributed by atoms with Gasteiger partial charge in [-0.05, 0) is 18.6 Å². The van der Waals surface area contributed by atoms with Crippen molar-refractivity contribution in [2.75, 3.05) is 21.3 Å². The first-order valence-electron chi connectivity index (χ1n) is 9.03. The third-order valence-electron chi connectivity index (χ3n) is 4.44. The molecule has 0 bridgehead atoms. The van der Waals surface area contributed by atoms with E-state index in [1.54, 1.807) is 21.3 Å². The fourth-order valence-corrected chi connectivity index (χ4v) is 2.95. The van der Waals surface area contributed by atoms with Gasteiger partial charge in [0.15, 0.2) is 17.3 Å². The van der Waals surface area contributed by atoms with Crippen LogP contribution in [0.2, 0.25) is 0 Å². The molecule has 3 rings (SSSR count). The fraction of sp³-hybridized carbons (Fsp3) is 0.333. The molecule has 0 saturated carbocycles. The van der Waals surface area contributed by atoms with Crippen LogP contribution in [0.1, 0.15) is 35.8 Å². The van der Waals surface area contributed by atoms with Gasteiger partial charge in [-0.1, -0.05) is 41.6 Å². The molecule has 1 unspecified atom stereocenters. The van der Waals surface area contributed by atoms with Gasteiger partial charge >= 0.3 is 0 Å². The van der Waals surface area contributed by atoms with Crippen molar-refractivity contribution in [3.8, 4) is 17.2 Å². The maximum absolute atomic E-state index is 5.52. The molecule has 1 N–H and O–H groups in total. The molecule has 1 heterocycles. The Kier molecular flexibility index (Phi) is 6.49. The SMILES string of the molecule is COc1ccc(CNC(C)c2nc(Cc3ccccc3)no2)c(OC)c1OC. The average Bonchev–Trinajstić information content (AvgIpc) is 3.20. The summed E-state index contributed by atoms with van der Waals surface area (Å²) in [5, 5.41) is 7.47. The minimum atomic E-state index is -0.116. The standard InChI is InChI=1S/C21H25N3O4/c1-14(21-23-18(24-28-21)12-15-8-6-5-7-9-15)22-13-16-10-11-17(25-2)20(27-4)19(16)26-3/h5-11,14,22H,12-13H2,1-4H3. The van der Waals surface area contributed by atoms with Gasteiger partial charge in [0.1, 0.15) is 0 Å². The van der Waals surface area contributed by atoms with E-state index in [2.05, 4.69) is 15.5 Å². The quantitative estimate of drug-likeness (QED) is 0.605. The molecule has 0 saturated heterocycles. The molecule has 0 fully saturated rings. The third kappa shape index (κ3) is 4.43. The Balaban J connectivity index is 1.67. The van der Waals surface area contributed by atoms with Gasteiger partial charge in [-0.2, -0.15) is 4.98 Å². The zero-order chi connectivity index (χ0) is 19.9. The molecule has 2 aromatic carbocycles. The molecule has 0 radical (unpaired) electrons. The van der Waals surface area contributed by atoms with Crippen molar-refractivity contribution in [3.05, 3.63) is 65.3 Å². The summed E-state index contributed by atoms with van der Waals surface area (Å²) in [7, 11) is 4.80. The summed E-state index contributed by atoms with van der Waals surface area (Å²) in [6.45, 7) is 2.52. The molecule has 1 atom stereocenters. The summed E-state index contributed by atoms with van der Waals surface area (Å²) < 4.78 is 21.7. The first-order valence-corrected chi connectivity index (χ1v) is 9.03. The van der Waals surface area contributed by atoms with E-state index in [1.165, 1.54) is 0 Å². The summed E-state index contributed by atoms with van der Waals surface area (Å²) >= 11 is 0. The Morgan fingerprint density at radius 1 is 0.964 bits per heavy atom. The lowest BCUT2D eigenvalue weighted by Crippen LogP contribution is -2.19. The van der Waals surface area contributed by atoms with Gasteiger partial charge in [0.25, 0.3) is 0 Å². The summed E-state index contributed by atoms with van der Waals surface area (Å²) in [6.07, 6.45) is 0.639. The van der Waals surface area contributed by atoms with Crippen LogP contribution in [0.5, 0.6) is 17.2 Å². The van der Waals surface area contributed by atoms with Gasteiger partial charge < -0.3 is 24.1 Å². The molecule has 0 aliphatic rings. The third-order valence-corrected chi connectivity index (χ3v) is 4.44. The number of benzene rings is 2. The Labute approximate surface area is 164 Å². The number of ether oxygens (including phenoxy) is 3. The monoisotopic (exact) mass is 383 g/mol. The number of hydrogen-bond acceptors (Lipinski definition) is 7. The lowest BCUT2D eigenvalue weighted by Gasteiger charge is -2.17. The number of aromatic nitrogens is 2. The van der Waals surface area contributed by atoms with Crippen molar-refractivity contribution >= 4 is 0 Å². The minimum absolute atomic E-state index is 0.116. The van der Waals surface area contributed by atoms with E-state index in [0.29, 0.717) is 41.9 Å². The number of nitrogens with one attached hydrogen (secondary N) is 1. The lowest BCUT2D eigenvalue weighted by atomic mass is 10.1. The van der Waals surface area contributed by atoms with Crippen LogP contribution in [0.15, 0.2) is 47.0 Å². The summed E-state index contributed by atoms with van der Waals surface area (Å²) in [6, 6.07) is 13.7. The van der Waals surface area contributed by atoms with E-state index in [1.807, 2.05) is 49.4 Å². The number of rotatable bonds is 9. The summed E-state index contributed by atoms with van der Waals surface area (Å²) in [5.41, 5.74) is 2.08. The topological polar surface area (TPSA) is 78.6 Å². The number of hydrogen-bond donors (Lipinski definition) is 1. The Morgan fingerprint density at radius 2 is 1.71 bits per heavy atom. The van der Waals surface area contributed by atoms with E-state index < -0.39 is 0 Å². The first kappa shape index (κ1) is 19.7. The van der Waals surface area contributed by atoms with E-state index in [9.17, 15) is 0 Å². The van der Waals surface area contributed by atoms with E-state index in [0.717, 1.165) is 11.1 Å². The highest BCUT2D eigenvalue weighted by Crippen LogP contribution is 2.39. The zero-order valence-corrected chi connectivity index (χ0v) is 16.6. The molecular weight excluding hydrogens is 358 g/mol. The molecule has 0 spiro atoms. The maximum Gasteiger partial charge on any atom is 0.243 e. The van der Waals surface area contributed by atoms with Crippen LogP contribution in [-0.4, -0.2) is 31.5 Å². The Bertz CT molecular complexity index is 896. The second-order valence-corrected chi connectivity index (χ2v) is 6.31. The van der Waals surface area contributed by atoms with Crippen LogP contribution in [0.3, 0.4) is 0 Å². The van der Waals surface area contributed by atoms with E-state index in [-0.39, 0.29) is 6.04 Å². The largest absolute Gasteiger partial charge is 0.493 e. The fourth-order valence-electron chi connectivity index (χ4n) is 2.95. The van der Waals surface area contributed by atoms with Crippen molar-refractivity contribution in [3.63, 3.8) is 0 Å². The molecule has 7 nitrogen and oxygen atoms in total. The second kappa shape index (κ2) is 9.23. The Hall–Kier alpha value is -3.06. The molecule has 1 aromatic heterocycles. The highest BCUT2D eigenvalue weighted by molar-refractivity contribution is 5.55. The van der Waals surface area contributed by atoms with Crippen molar-refractivity contribution in [1.29, 1.82) is 0 Å². The molecule has 7 heteroatoms. The molecule has 148 valence electrons. The van der Waals surface area contributed by atoms with E-state index >= 15 is 0 Å². The highest BCUT2D eigenvalue weighted by Gasteiger charge is 2.18. The van der Waals surface area contributed by atoms with Gasteiger partial charge in [-0.25, -0.2) is 0 Å². The van der Waals surface area contributed by atoms with Crippen molar-refractivity contribution < 1.29 is 18.7 Å². The van der Waals surface area contributed by atoms with Crippen LogP contribution in [0.4, 0.5) is 0 Å². The van der Waals surface area contributed by atoms with Crippen molar-refractivity contribution in [1.82, 2.24) is 15.5 Å². The van der Waals surface area contributed by atoms with E-state index in [4.69, 9.17) is 18.7 Å². The molecule has 0 aliphatic heterocycles. The van der Waals surface area contributed by atoms with Gasteiger partial charge in [-0.3, -0.25) is 0 Å². The summed E-state index contributed by atoms with van der Waals surface area (Å²) in [5.74, 6) is 3.04. The average molecular weight is 383 g/mol. The second-order valence-electron chi connectivity index (χ2n) is 6.31. The highest BCUT2D eigenvalue weighted by atomic mass is 16.5. The van der Waals surface area contributed by atoms with Crippen LogP contribution in [0, 0.1) is 0 Å². The lowest BCUT2D eigenvalue weighted by molar-refractivity contribution is 0.318. The molecular formula is C21H25N3O4. The normalized spacial score (nSPS) is 11.9. The molecule has 28 heavy (non-hydrogen) atoms. The smallest absolute Gasteiger partial charge is 0.243 e. The minimum Gasteiger partial charge on any atom is -0.493 e. The van der Waals surface area contributed by atoms with Gasteiger partial charge in [-0.15, -0.1) is 0 Å². The number of nitrogens with zero attached hydrogens (tertiary/aromatic N) is 2. The van der Waals surface area contributed by atoms with Crippen molar-refractivity contribution in [2.24, 2.45) is 0 Å². The predicted octanol–water partition coefficient (Wildman–Crippen LogP) is 3.54. The van der Waals surface area contributed by atoms with Gasteiger partial charge in [0, 0.05) is 18.5 Å². The Morgan fingerprint density at radius 3 is 2.39 bits per heavy atom. The first-order chi connectivity index (χ1) is 13.7.